The maximum atomic E-state index is 12.6. The lowest BCUT2D eigenvalue weighted by atomic mass is 10.1. The summed E-state index contributed by atoms with van der Waals surface area (Å²) in [6, 6.07) is 16.4. The van der Waals surface area contributed by atoms with Gasteiger partial charge in [-0.3, -0.25) is 4.72 Å². The molecule has 0 fully saturated rings. The Labute approximate surface area is 126 Å². The summed E-state index contributed by atoms with van der Waals surface area (Å²) in [6.07, 6.45) is 1.35. The van der Waals surface area contributed by atoms with E-state index in [2.05, 4.69) is 0 Å². The zero-order valence-corrected chi connectivity index (χ0v) is 12.0. The number of alkyl halides is 3. The maximum Gasteiger partial charge on any atom is 0.516 e. The Hall–Kier alpha value is -2.28. The molecule has 2 aromatic carbocycles. The molecule has 0 saturated carbocycles. The monoisotopic (exact) mass is 327 g/mol. The van der Waals surface area contributed by atoms with E-state index in [1.54, 1.807) is 53.3 Å². The predicted octanol–water partition coefficient (Wildman–Crippen LogP) is 3.62. The Morgan fingerprint density at radius 2 is 1.41 bits per heavy atom. The first-order chi connectivity index (χ1) is 10.3. The van der Waals surface area contributed by atoms with E-state index in [0.717, 1.165) is 0 Å². The van der Waals surface area contributed by atoms with E-state index in [1.165, 1.54) is 18.2 Å². The molecule has 0 aromatic heterocycles. The fourth-order valence-corrected chi connectivity index (χ4v) is 2.29. The van der Waals surface area contributed by atoms with Crippen molar-refractivity contribution in [3.05, 3.63) is 71.8 Å². The molecule has 116 valence electrons. The number of sulfonamides is 1. The van der Waals surface area contributed by atoms with Gasteiger partial charge in [-0.1, -0.05) is 60.7 Å². The summed E-state index contributed by atoms with van der Waals surface area (Å²) in [5.41, 5.74) is -4.62. The third kappa shape index (κ3) is 3.88. The first-order valence-electron chi connectivity index (χ1n) is 6.21. The van der Waals surface area contributed by atoms with Crippen molar-refractivity contribution in [2.75, 3.05) is 0 Å². The van der Waals surface area contributed by atoms with Crippen LogP contribution in [0.3, 0.4) is 0 Å². The highest BCUT2D eigenvalue weighted by Crippen LogP contribution is 2.25. The van der Waals surface area contributed by atoms with Crippen LogP contribution >= 0.6 is 0 Å². The lowest BCUT2D eigenvalue weighted by molar-refractivity contribution is -0.0443. The highest BCUT2D eigenvalue weighted by Gasteiger charge is 2.46. The van der Waals surface area contributed by atoms with Gasteiger partial charge in [-0.05, 0) is 17.2 Å². The van der Waals surface area contributed by atoms with Crippen molar-refractivity contribution in [2.45, 2.75) is 5.51 Å². The third-order valence-corrected chi connectivity index (χ3v) is 3.84. The van der Waals surface area contributed by atoms with Crippen molar-refractivity contribution < 1.29 is 21.6 Å². The smallest absolute Gasteiger partial charge is 0.275 e. The van der Waals surface area contributed by atoms with Gasteiger partial charge in [-0.2, -0.15) is 21.6 Å². The first-order valence-corrected chi connectivity index (χ1v) is 7.69. The first kappa shape index (κ1) is 16.1. The SMILES string of the molecule is O=S(=O)(NC(=Cc1ccccc1)c1ccccc1)C(F)(F)F. The van der Waals surface area contributed by atoms with Gasteiger partial charge in [0.1, 0.15) is 0 Å². The average molecular weight is 327 g/mol. The lowest BCUT2D eigenvalue weighted by Gasteiger charge is -2.14. The largest absolute Gasteiger partial charge is 0.516 e. The van der Waals surface area contributed by atoms with Gasteiger partial charge in [0.05, 0.1) is 5.70 Å². The zero-order valence-electron chi connectivity index (χ0n) is 11.2. The van der Waals surface area contributed by atoms with E-state index >= 15 is 0 Å². The van der Waals surface area contributed by atoms with Crippen LogP contribution in [0.15, 0.2) is 60.7 Å². The number of benzene rings is 2. The molecule has 0 aliphatic heterocycles. The van der Waals surface area contributed by atoms with Crippen LogP contribution in [0.4, 0.5) is 13.2 Å². The molecular formula is C15H12F3NO2S. The summed E-state index contributed by atoms with van der Waals surface area (Å²) in [6.45, 7) is 0. The molecule has 0 amide bonds. The van der Waals surface area contributed by atoms with Gasteiger partial charge >= 0.3 is 15.5 Å². The molecule has 1 N–H and O–H groups in total. The topological polar surface area (TPSA) is 46.2 Å². The standard InChI is InChI=1S/C15H12F3NO2S/c16-15(17,18)22(20,21)19-14(13-9-5-2-6-10-13)11-12-7-3-1-4-8-12/h1-11,19H. The van der Waals surface area contributed by atoms with Crippen molar-refractivity contribution in [1.29, 1.82) is 0 Å². The molecular weight excluding hydrogens is 315 g/mol. The summed E-state index contributed by atoms with van der Waals surface area (Å²) < 4.78 is 62.0. The Balaban J connectivity index is 2.47. The van der Waals surface area contributed by atoms with Gasteiger partial charge in [0.25, 0.3) is 0 Å². The highest BCUT2D eigenvalue weighted by atomic mass is 32.2. The van der Waals surface area contributed by atoms with Gasteiger partial charge < -0.3 is 0 Å². The Morgan fingerprint density at radius 3 is 1.91 bits per heavy atom. The van der Waals surface area contributed by atoms with Crippen LogP contribution in [0.25, 0.3) is 11.8 Å². The summed E-state index contributed by atoms with van der Waals surface area (Å²) in [5.74, 6) is 0. The van der Waals surface area contributed by atoms with E-state index in [-0.39, 0.29) is 5.70 Å². The summed E-state index contributed by atoms with van der Waals surface area (Å²) in [7, 11) is -5.48. The molecule has 0 aliphatic rings. The predicted molar refractivity (Wildman–Crippen MR) is 78.9 cm³/mol. The van der Waals surface area contributed by atoms with E-state index in [1.807, 2.05) is 0 Å². The molecule has 0 radical (unpaired) electrons. The molecule has 0 atom stereocenters. The molecule has 0 heterocycles. The second-order valence-corrected chi connectivity index (χ2v) is 6.06. The minimum absolute atomic E-state index is 0.149. The second-order valence-electron chi connectivity index (χ2n) is 4.39. The molecule has 3 nitrogen and oxygen atoms in total. The van der Waals surface area contributed by atoms with Crippen molar-refractivity contribution in [1.82, 2.24) is 4.72 Å². The summed E-state index contributed by atoms with van der Waals surface area (Å²) in [5, 5.41) is 0. The molecule has 7 heteroatoms. The number of hydrogen-bond acceptors (Lipinski definition) is 2. The van der Waals surface area contributed by atoms with Crippen LogP contribution in [0.1, 0.15) is 11.1 Å². The van der Waals surface area contributed by atoms with Crippen LogP contribution < -0.4 is 4.72 Å². The Morgan fingerprint density at radius 1 is 0.909 bits per heavy atom. The molecule has 22 heavy (non-hydrogen) atoms. The fourth-order valence-electron chi connectivity index (χ4n) is 1.71. The van der Waals surface area contributed by atoms with Gasteiger partial charge in [-0.15, -0.1) is 0 Å². The van der Waals surface area contributed by atoms with E-state index in [0.29, 0.717) is 11.1 Å². The quantitative estimate of drug-likeness (QED) is 0.872. The Bertz CT molecular complexity index is 754. The van der Waals surface area contributed by atoms with Gasteiger partial charge in [0, 0.05) is 0 Å². The van der Waals surface area contributed by atoms with E-state index < -0.39 is 15.5 Å². The van der Waals surface area contributed by atoms with E-state index in [4.69, 9.17) is 0 Å². The Kier molecular flexibility index (Phi) is 4.56. The van der Waals surface area contributed by atoms with Crippen molar-refractivity contribution >= 4 is 21.8 Å². The number of nitrogens with one attached hydrogen (secondary N) is 1. The van der Waals surface area contributed by atoms with Crippen LogP contribution in [-0.4, -0.2) is 13.9 Å². The van der Waals surface area contributed by atoms with Gasteiger partial charge in [0.2, 0.25) is 0 Å². The summed E-state index contributed by atoms with van der Waals surface area (Å²) >= 11 is 0. The average Bonchev–Trinajstić information content (AvgIpc) is 2.47. The minimum Gasteiger partial charge on any atom is -0.275 e. The molecule has 0 aliphatic carbocycles. The van der Waals surface area contributed by atoms with Gasteiger partial charge in [0.15, 0.2) is 0 Å². The minimum atomic E-state index is -5.48. The molecule has 0 spiro atoms. The zero-order chi connectivity index (χ0) is 16.2. The molecule has 0 unspecified atom stereocenters. The maximum absolute atomic E-state index is 12.6. The van der Waals surface area contributed by atoms with Crippen molar-refractivity contribution in [3.63, 3.8) is 0 Å². The van der Waals surface area contributed by atoms with Crippen LogP contribution in [0, 0.1) is 0 Å². The normalized spacial score (nSPS) is 13.0. The van der Waals surface area contributed by atoms with Crippen LogP contribution in [0.5, 0.6) is 0 Å². The third-order valence-electron chi connectivity index (χ3n) is 2.74. The van der Waals surface area contributed by atoms with Gasteiger partial charge in [-0.25, -0.2) is 0 Å². The number of rotatable bonds is 4. The van der Waals surface area contributed by atoms with Crippen molar-refractivity contribution in [2.24, 2.45) is 0 Å². The number of hydrogen-bond donors (Lipinski definition) is 1. The lowest BCUT2D eigenvalue weighted by Crippen LogP contribution is -2.35. The fraction of sp³-hybridized carbons (Fsp3) is 0.0667. The van der Waals surface area contributed by atoms with Crippen LogP contribution in [0.2, 0.25) is 0 Å². The second kappa shape index (κ2) is 6.23. The van der Waals surface area contributed by atoms with E-state index in [9.17, 15) is 21.6 Å². The molecule has 2 aromatic rings. The molecule has 2 rings (SSSR count). The number of halogens is 3. The van der Waals surface area contributed by atoms with Crippen molar-refractivity contribution in [3.8, 4) is 0 Å². The molecule has 0 saturated heterocycles. The molecule has 0 bridgehead atoms. The van der Waals surface area contributed by atoms with Crippen LogP contribution in [-0.2, 0) is 10.0 Å². The summed E-state index contributed by atoms with van der Waals surface area (Å²) in [4.78, 5) is 0. The highest BCUT2D eigenvalue weighted by molar-refractivity contribution is 7.90.